The Hall–Kier alpha value is -1.54. The van der Waals surface area contributed by atoms with Crippen molar-refractivity contribution in [2.45, 2.75) is 26.8 Å². The number of benzene rings is 1. The van der Waals surface area contributed by atoms with Crippen LogP contribution in [0.25, 0.3) is 11.3 Å². The zero-order valence-electron chi connectivity index (χ0n) is 11.4. The summed E-state index contributed by atoms with van der Waals surface area (Å²) in [5.41, 5.74) is 2.53. The molecular weight excluding hydrogens is 222 g/mol. The van der Waals surface area contributed by atoms with E-state index in [1.165, 1.54) is 5.56 Å². The van der Waals surface area contributed by atoms with E-state index >= 15 is 0 Å². The molecule has 1 N–H and O–H groups in total. The summed E-state index contributed by atoms with van der Waals surface area (Å²) in [5, 5.41) is 3.09. The Balaban J connectivity index is 2.21. The van der Waals surface area contributed by atoms with Gasteiger partial charge in [-0.05, 0) is 43.1 Å². The van der Waals surface area contributed by atoms with Crippen molar-refractivity contribution in [3.8, 4) is 11.3 Å². The lowest BCUT2D eigenvalue weighted by Crippen LogP contribution is -2.03. The second kappa shape index (κ2) is 5.87. The fraction of sp³-hybridized carbons (Fsp3) is 0.375. The number of nitrogens with one attached hydrogen (secondary N) is 1. The number of hydrogen-bond donors (Lipinski definition) is 1. The second-order valence-electron chi connectivity index (χ2n) is 5.09. The van der Waals surface area contributed by atoms with Crippen molar-refractivity contribution in [1.82, 2.24) is 5.32 Å². The maximum Gasteiger partial charge on any atom is 0.134 e. The molecule has 0 aliphatic heterocycles. The minimum absolute atomic E-state index is 0.678. The van der Waals surface area contributed by atoms with Gasteiger partial charge in [0.05, 0.1) is 6.54 Å². The van der Waals surface area contributed by atoms with Crippen LogP contribution in [0, 0.1) is 5.92 Å². The van der Waals surface area contributed by atoms with E-state index in [2.05, 4.69) is 43.4 Å². The molecule has 0 aliphatic carbocycles. The van der Waals surface area contributed by atoms with Gasteiger partial charge in [0.15, 0.2) is 0 Å². The highest BCUT2D eigenvalue weighted by molar-refractivity contribution is 5.58. The molecule has 0 saturated carbocycles. The highest BCUT2D eigenvalue weighted by atomic mass is 16.3. The van der Waals surface area contributed by atoms with Crippen molar-refractivity contribution in [3.05, 3.63) is 47.7 Å². The van der Waals surface area contributed by atoms with Gasteiger partial charge in [-0.2, -0.15) is 0 Å². The third-order valence-electron chi connectivity index (χ3n) is 2.87. The Morgan fingerprint density at radius 3 is 2.72 bits per heavy atom. The van der Waals surface area contributed by atoms with E-state index in [9.17, 15) is 0 Å². The zero-order chi connectivity index (χ0) is 13.0. The van der Waals surface area contributed by atoms with Crippen LogP contribution in [0.15, 0.2) is 40.8 Å². The van der Waals surface area contributed by atoms with Crippen LogP contribution in [0.5, 0.6) is 0 Å². The molecule has 0 fully saturated rings. The largest absolute Gasteiger partial charge is 0.460 e. The van der Waals surface area contributed by atoms with Gasteiger partial charge >= 0.3 is 0 Å². The fourth-order valence-electron chi connectivity index (χ4n) is 2.13. The number of hydrogen-bond acceptors (Lipinski definition) is 2. The highest BCUT2D eigenvalue weighted by Crippen LogP contribution is 2.24. The Morgan fingerprint density at radius 1 is 1.17 bits per heavy atom. The van der Waals surface area contributed by atoms with Gasteiger partial charge in [-0.3, -0.25) is 0 Å². The van der Waals surface area contributed by atoms with Crippen LogP contribution in [0.3, 0.4) is 0 Å². The maximum atomic E-state index is 5.81. The molecule has 0 atom stereocenters. The maximum absolute atomic E-state index is 5.81. The molecule has 1 aromatic carbocycles. The van der Waals surface area contributed by atoms with Gasteiger partial charge in [0.2, 0.25) is 0 Å². The summed E-state index contributed by atoms with van der Waals surface area (Å²) in [6.07, 6.45) is 1.11. The van der Waals surface area contributed by atoms with Crippen molar-refractivity contribution in [2.75, 3.05) is 7.05 Å². The normalized spacial score (nSPS) is 11.1. The van der Waals surface area contributed by atoms with E-state index in [1.807, 2.05) is 19.2 Å². The third kappa shape index (κ3) is 3.23. The molecule has 0 bridgehead atoms. The summed E-state index contributed by atoms with van der Waals surface area (Å²) in [4.78, 5) is 0. The summed E-state index contributed by atoms with van der Waals surface area (Å²) in [7, 11) is 1.92. The molecule has 1 aromatic heterocycles. The minimum Gasteiger partial charge on any atom is -0.460 e. The Kier molecular flexibility index (Phi) is 4.21. The lowest BCUT2D eigenvalue weighted by Gasteiger charge is -2.06. The predicted molar refractivity (Wildman–Crippen MR) is 75.4 cm³/mol. The molecule has 0 saturated heterocycles. The highest BCUT2D eigenvalue weighted by Gasteiger charge is 2.05. The van der Waals surface area contributed by atoms with Gasteiger partial charge in [0.1, 0.15) is 11.5 Å². The Labute approximate surface area is 109 Å². The molecule has 2 rings (SSSR count). The SMILES string of the molecule is CNCc1ccc(-c2cccc(CC(C)C)c2)o1. The molecule has 0 unspecified atom stereocenters. The molecule has 0 radical (unpaired) electrons. The van der Waals surface area contributed by atoms with Crippen molar-refractivity contribution in [1.29, 1.82) is 0 Å². The standard InChI is InChI=1S/C16H21NO/c1-12(2)9-13-5-4-6-14(10-13)16-8-7-15(18-16)11-17-3/h4-8,10,12,17H,9,11H2,1-3H3. The first-order valence-corrected chi connectivity index (χ1v) is 6.51. The van der Waals surface area contributed by atoms with E-state index < -0.39 is 0 Å². The Morgan fingerprint density at radius 2 is 2.00 bits per heavy atom. The predicted octanol–water partition coefficient (Wildman–Crippen LogP) is 3.86. The molecule has 0 amide bonds. The number of furan rings is 1. The van der Waals surface area contributed by atoms with Crippen LogP contribution in [0.4, 0.5) is 0 Å². The molecule has 96 valence electrons. The summed E-state index contributed by atoms with van der Waals surface area (Å²) in [6.45, 7) is 5.25. The van der Waals surface area contributed by atoms with Gasteiger partial charge in [0, 0.05) is 5.56 Å². The topological polar surface area (TPSA) is 25.2 Å². The van der Waals surface area contributed by atoms with Gasteiger partial charge in [-0.25, -0.2) is 0 Å². The van der Waals surface area contributed by atoms with Gasteiger partial charge in [-0.1, -0.05) is 32.0 Å². The second-order valence-corrected chi connectivity index (χ2v) is 5.09. The first kappa shape index (κ1) is 12.9. The first-order chi connectivity index (χ1) is 8.69. The van der Waals surface area contributed by atoms with Crippen molar-refractivity contribution >= 4 is 0 Å². The average molecular weight is 243 g/mol. The molecule has 2 heteroatoms. The van der Waals surface area contributed by atoms with Gasteiger partial charge in [-0.15, -0.1) is 0 Å². The molecule has 0 spiro atoms. The quantitative estimate of drug-likeness (QED) is 0.862. The van der Waals surface area contributed by atoms with E-state index in [1.54, 1.807) is 0 Å². The minimum atomic E-state index is 0.678. The van der Waals surface area contributed by atoms with Crippen LogP contribution in [0.2, 0.25) is 0 Å². The summed E-state index contributed by atoms with van der Waals surface area (Å²) in [5.74, 6) is 2.60. The van der Waals surface area contributed by atoms with E-state index in [0.717, 1.165) is 30.0 Å². The smallest absolute Gasteiger partial charge is 0.134 e. The van der Waals surface area contributed by atoms with Crippen molar-refractivity contribution < 1.29 is 4.42 Å². The van der Waals surface area contributed by atoms with Gasteiger partial charge < -0.3 is 9.73 Å². The van der Waals surface area contributed by atoms with Crippen LogP contribution in [-0.4, -0.2) is 7.05 Å². The number of rotatable bonds is 5. The summed E-state index contributed by atoms with van der Waals surface area (Å²) < 4.78 is 5.81. The lowest BCUT2D eigenvalue weighted by atomic mass is 10.0. The molecule has 2 aromatic rings. The van der Waals surface area contributed by atoms with Crippen LogP contribution in [-0.2, 0) is 13.0 Å². The fourth-order valence-corrected chi connectivity index (χ4v) is 2.13. The molecule has 2 nitrogen and oxygen atoms in total. The van der Waals surface area contributed by atoms with Gasteiger partial charge in [0.25, 0.3) is 0 Å². The van der Waals surface area contributed by atoms with E-state index in [0.29, 0.717) is 5.92 Å². The van der Waals surface area contributed by atoms with E-state index in [-0.39, 0.29) is 0 Å². The zero-order valence-corrected chi connectivity index (χ0v) is 11.4. The monoisotopic (exact) mass is 243 g/mol. The van der Waals surface area contributed by atoms with Crippen molar-refractivity contribution in [2.24, 2.45) is 5.92 Å². The van der Waals surface area contributed by atoms with Crippen LogP contribution >= 0.6 is 0 Å². The summed E-state index contributed by atoms with van der Waals surface area (Å²) in [6, 6.07) is 12.7. The average Bonchev–Trinajstić information content (AvgIpc) is 2.78. The van der Waals surface area contributed by atoms with Crippen LogP contribution < -0.4 is 5.32 Å². The lowest BCUT2D eigenvalue weighted by molar-refractivity contribution is 0.507. The molecule has 0 aliphatic rings. The molecule has 1 heterocycles. The van der Waals surface area contributed by atoms with E-state index in [4.69, 9.17) is 4.42 Å². The Bertz CT molecular complexity index is 499. The first-order valence-electron chi connectivity index (χ1n) is 6.51. The van der Waals surface area contributed by atoms with Crippen LogP contribution in [0.1, 0.15) is 25.2 Å². The molecular formula is C16H21NO. The van der Waals surface area contributed by atoms with Crippen molar-refractivity contribution in [3.63, 3.8) is 0 Å². The molecule has 18 heavy (non-hydrogen) atoms. The summed E-state index contributed by atoms with van der Waals surface area (Å²) >= 11 is 0. The third-order valence-corrected chi connectivity index (χ3v) is 2.87.